The molecule has 0 aliphatic carbocycles. The van der Waals surface area contributed by atoms with Crippen molar-refractivity contribution in [1.29, 1.82) is 0 Å². The van der Waals surface area contributed by atoms with Gasteiger partial charge in [0.15, 0.2) is 5.78 Å². The zero-order valence-corrected chi connectivity index (χ0v) is 17.0. The summed E-state index contributed by atoms with van der Waals surface area (Å²) in [4.78, 5) is 12.0. The zero-order chi connectivity index (χ0) is 20.4. The molecule has 2 heteroatoms. The summed E-state index contributed by atoms with van der Waals surface area (Å²) in [5, 5.41) is 0. The van der Waals surface area contributed by atoms with E-state index in [9.17, 15) is 4.79 Å². The van der Waals surface area contributed by atoms with E-state index in [2.05, 4.69) is 67.6 Å². The molecule has 4 rings (SSSR count). The van der Waals surface area contributed by atoms with Crippen LogP contribution in [0.4, 0.5) is 0 Å². The van der Waals surface area contributed by atoms with Crippen molar-refractivity contribution < 1.29 is 9.21 Å². The molecule has 0 amide bonds. The van der Waals surface area contributed by atoms with Gasteiger partial charge in [0.05, 0.1) is 11.5 Å². The van der Waals surface area contributed by atoms with Crippen molar-refractivity contribution in [3.05, 3.63) is 119 Å². The Kier molecular flexibility index (Phi) is 5.18. The Morgan fingerprint density at radius 1 is 0.759 bits per heavy atom. The van der Waals surface area contributed by atoms with Crippen LogP contribution in [0.25, 0.3) is 11.1 Å². The standard InChI is InChI=1S/C27H24O2/c1-18-9-11-23(12-10-18)27(26-17-25(19(2)28)20(3)29-26)24-15-13-22(14-16-24)21-7-5-4-6-8-21/h4-17,27H,1-3H3. The van der Waals surface area contributed by atoms with Crippen LogP contribution in [0.5, 0.6) is 0 Å². The van der Waals surface area contributed by atoms with E-state index in [1.54, 1.807) is 6.92 Å². The number of carbonyl (C=O) groups excluding carboxylic acids is 1. The van der Waals surface area contributed by atoms with Gasteiger partial charge in [0.1, 0.15) is 11.5 Å². The minimum absolute atomic E-state index is 0.0274. The highest BCUT2D eigenvalue weighted by molar-refractivity contribution is 5.95. The predicted molar refractivity (Wildman–Crippen MR) is 117 cm³/mol. The molecule has 4 aromatic rings. The number of aryl methyl sites for hydroxylation is 2. The van der Waals surface area contributed by atoms with Crippen LogP contribution in [0.1, 0.15) is 51.4 Å². The second kappa shape index (κ2) is 7.92. The highest BCUT2D eigenvalue weighted by Crippen LogP contribution is 2.35. The normalized spacial score (nSPS) is 12.0. The smallest absolute Gasteiger partial charge is 0.163 e. The Hall–Kier alpha value is -3.39. The number of hydrogen-bond acceptors (Lipinski definition) is 2. The fraction of sp³-hybridized carbons (Fsp3) is 0.148. The van der Waals surface area contributed by atoms with E-state index in [-0.39, 0.29) is 11.7 Å². The largest absolute Gasteiger partial charge is 0.465 e. The molecule has 1 unspecified atom stereocenters. The van der Waals surface area contributed by atoms with Crippen molar-refractivity contribution >= 4 is 5.78 Å². The van der Waals surface area contributed by atoms with E-state index < -0.39 is 0 Å². The maximum atomic E-state index is 12.0. The molecule has 0 fully saturated rings. The molecular formula is C27H24O2. The third-order valence-electron chi connectivity index (χ3n) is 5.36. The molecule has 0 radical (unpaired) electrons. The van der Waals surface area contributed by atoms with Gasteiger partial charge in [-0.2, -0.15) is 0 Å². The van der Waals surface area contributed by atoms with Crippen molar-refractivity contribution in [2.24, 2.45) is 0 Å². The van der Waals surface area contributed by atoms with Gasteiger partial charge in [-0.15, -0.1) is 0 Å². The molecule has 0 aliphatic rings. The first-order chi connectivity index (χ1) is 14.0. The Balaban J connectivity index is 1.79. The molecular weight excluding hydrogens is 356 g/mol. The first-order valence-corrected chi connectivity index (χ1v) is 9.86. The second-order valence-corrected chi connectivity index (χ2v) is 7.51. The van der Waals surface area contributed by atoms with Gasteiger partial charge in [0.25, 0.3) is 0 Å². The fourth-order valence-corrected chi connectivity index (χ4v) is 3.78. The minimum Gasteiger partial charge on any atom is -0.465 e. The molecule has 144 valence electrons. The highest BCUT2D eigenvalue weighted by atomic mass is 16.3. The Morgan fingerprint density at radius 3 is 1.86 bits per heavy atom. The van der Waals surface area contributed by atoms with E-state index in [1.807, 2.05) is 31.2 Å². The molecule has 0 spiro atoms. The predicted octanol–water partition coefficient (Wildman–Crippen LogP) is 6.95. The van der Waals surface area contributed by atoms with Crippen LogP contribution in [0.2, 0.25) is 0 Å². The summed E-state index contributed by atoms with van der Waals surface area (Å²) in [5.74, 6) is 1.43. The van der Waals surface area contributed by atoms with Gasteiger partial charge in [0.2, 0.25) is 0 Å². The Bertz CT molecular complexity index is 1120. The Morgan fingerprint density at radius 2 is 1.31 bits per heavy atom. The molecule has 0 saturated carbocycles. The average molecular weight is 380 g/mol. The van der Waals surface area contributed by atoms with E-state index in [1.165, 1.54) is 16.7 Å². The fourth-order valence-electron chi connectivity index (χ4n) is 3.78. The molecule has 29 heavy (non-hydrogen) atoms. The maximum absolute atomic E-state index is 12.0. The van der Waals surface area contributed by atoms with Crippen LogP contribution >= 0.6 is 0 Å². The maximum Gasteiger partial charge on any atom is 0.163 e. The van der Waals surface area contributed by atoms with E-state index in [4.69, 9.17) is 4.42 Å². The number of hydrogen-bond donors (Lipinski definition) is 0. The quantitative estimate of drug-likeness (QED) is 0.351. The van der Waals surface area contributed by atoms with Gasteiger partial charge in [-0.3, -0.25) is 4.79 Å². The van der Waals surface area contributed by atoms with E-state index >= 15 is 0 Å². The van der Waals surface area contributed by atoms with Crippen molar-refractivity contribution in [2.75, 3.05) is 0 Å². The zero-order valence-electron chi connectivity index (χ0n) is 17.0. The summed E-state index contributed by atoms with van der Waals surface area (Å²) < 4.78 is 6.07. The van der Waals surface area contributed by atoms with Crippen molar-refractivity contribution in [1.82, 2.24) is 0 Å². The van der Waals surface area contributed by atoms with Gasteiger partial charge in [-0.05, 0) is 49.1 Å². The lowest BCUT2D eigenvalue weighted by Crippen LogP contribution is -2.02. The van der Waals surface area contributed by atoms with Crippen LogP contribution < -0.4 is 0 Å². The van der Waals surface area contributed by atoms with Gasteiger partial charge in [-0.25, -0.2) is 0 Å². The molecule has 0 aliphatic heterocycles. The lowest BCUT2D eigenvalue weighted by molar-refractivity contribution is 0.101. The molecule has 0 saturated heterocycles. The summed E-state index contributed by atoms with van der Waals surface area (Å²) >= 11 is 0. The first kappa shape index (κ1) is 18.9. The van der Waals surface area contributed by atoms with Gasteiger partial charge >= 0.3 is 0 Å². The summed E-state index contributed by atoms with van der Waals surface area (Å²) in [5.41, 5.74) is 6.52. The third kappa shape index (κ3) is 3.93. The molecule has 1 heterocycles. The van der Waals surface area contributed by atoms with Crippen LogP contribution in [0.15, 0.2) is 89.3 Å². The number of ketones is 1. The van der Waals surface area contributed by atoms with Gasteiger partial charge < -0.3 is 4.42 Å². The molecule has 0 bridgehead atoms. The van der Waals surface area contributed by atoms with Crippen molar-refractivity contribution in [3.8, 4) is 11.1 Å². The van der Waals surface area contributed by atoms with E-state index in [0.717, 1.165) is 16.9 Å². The summed E-state index contributed by atoms with van der Waals surface area (Å²) in [6.45, 7) is 5.51. The van der Waals surface area contributed by atoms with E-state index in [0.29, 0.717) is 11.3 Å². The molecule has 0 N–H and O–H groups in total. The number of rotatable bonds is 5. The van der Waals surface area contributed by atoms with Crippen molar-refractivity contribution in [3.63, 3.8) is 0 Å². The third-order valence-corrected chi connectivity index (χ3v) is 5.36. The highest BCUT2D eigenvalue weighted by Gasteiger charge is 2.23. The summed E-state index contributed by atoms with van der Waals surface area (Å²) in [6.07, 6.45) is 0. The van der Waals surface area contributed by atoms with Crippen LogP contribution in [-0.4, -0.2) is 5.78 Å². The number of furan rings is 1. The van der Waals surface area contributed by atoms with Crippen LogP contribution in [0.3, 0.4) is 0 Å². The van der Waals surface area contributed by atoms with Crippen molar-refractivity contribution in [2.45, 2.75) is 26.7 Å². The Labute approximate surface area is 171 Å². The second-order valence-electron chi connectivity index (χ2n) is 7.51. The minimum atomic E-state index is -0.0628. The summed E-state index contributed by atoms with van der Waals surface area (Å²) in [6, 6.07) is 29.3. The monoisotopic (exact) mass is 380 g/mol. The van der Waals surface area contributed by atoms with Crippen LogP contribution in [-0.2, 0) is 0 Å². The molecule has 1 atom stereocenters. The van der Waals surface area contributed by atoms with Crippen LogP contribution in [0, 0.1) is 13.8 Å². The first-order valence-electron chi connectivity index (χ1n) is 9.86. The topological polar surface area (TPSA) is 30.2 Å². The SMILES string of the molecule is CC(=O)c1cc(C(c2ccc(C)cc2)c2ccc(-c3ccccc3)cc2)oc1C. The van der Waals surface area contributed by atoms with Gasteiger partial charge in [0, 0.05) is 0 Å². The number of carbonyl (C=O) groups is 1. The van der Waals surface area contributed by atoms with Gasteiger partial charge in [-0.1, -0.05) is 84.4 Å². The number of Topliss-reactive ketones (excluding diaryl/α,β-unsaturated/α-hetero) is 1. The molecule has 2 nitrogen and oxygen atoms in total. The lowest BCUT2D eigenvalue weighted by Gasteiger charge is -2.17. The molecule has 1 aromatic heterocycles. The average Bonchev–Trinajstić information content (AvgIpc) is 3.12. The lowest BCUT2D eigenvalue weighted by atomic mass is 9.87. The molecule has 3 aromatic carbocycles. The summed E-state index contributed by atoms with van der Waals surface area (Å²) in [7, 11) is 0. The number of benzene rings is 3.